The van der Waals surface area contributed by atoms with Crippen LogP contribution in [0.1, 0.15) is 40.0 Å². The van der Waals surface area contributed by atoms with Gasteiger partial charge in [-0.25, -0.2) is 9.59 Å². The van der Waals surface area contributed by atoms with Gasteiger partial charge in [0.25, 0.3) is 5.91 Å². The molecule has 1 rings (SSSR count). The van der Waals surface area contributed by atoms with Gasteiger partial charge in [0, 0.05) is 20.0 Å². The van der Waals surface area contributed by atoms with E-state index in [9.17, 15) is 32.3 Å². The van der Waals surface area contributed by atoms with E-state index in [-0.39, 0.29) is 0 Å². The summed E-state index contributed by atoms with van der Waals surface area (Å²) in [6.45, 7) is 5.69. The number of nitrogens with zero attached hydrogens (tertiary/aromatic N) is 1. The van der Waals surface area contributed by atoms with Crippen LogP contribution in [0.2, 0.25) is 0 Å². The van der Waals surface area contributed by atoms with Crippen molar-refractivity contribution in [1.82, 2.24) is 10.2 Å². The predicted octanol–water partition coefficient (Wildman–Crippen LogP) is 0.772. The summed E-state index contributed by atoms with van der Waals surface area (Å²) in [5.74, 6) is -6.40. The van der Waals surface area contributed by atoms with E-state index in [1.807, 2.05) is 13.8 Å². The first-order valence-electron chi connectivity index (χ1n) is 9.45. The minimum absolute atomic E-state index is 0.358. The van der Waals surface area contributed by atoms with Gasteiger partial charge in [0.1, 0.15) is 0 Å². The summed E-state index contributed by atoms with van der Waals surface area (Å²) in [6.07, 6.45) is -3.89. The van der Waals surface area contributed by atoms with Crippen LogP contribution in [0.4, 0.5) is 13.2 Å². The molecule has 0 spiro atoms. The zero-order valence-corrected chi connectivity index (χ0v) is 17.0. The molecular formula is C18H26F3N3O6. The maximum absolute atomic E-state index is 13.0. The number of rotatable bonds is 8. The summed E-state index contributed by atoms with van der Waals surface area (Å²) in [4.78, 5) is 48.9. The van der Waals surface area contributed by atoms with Crippen molar-refractivity contribution in [1.29, 1.82) is 0 Å². The maximum Gasteiger partial charge on any atom is 0.491 e. The molecule has 9 nitrogen and oxygen atoms in total. The number of nitrogens with two attached hydrogens (primary N) is 1. The van der Waals surface area contributed by atoms with Crippen LogP contribution in [0.15, 0.2) is 11.8 Å². The average molecular weight is 437 g/mol. The quantitative estimate of drug-likeness (QED) is 0.424. The first-order valence-corrected chi connectivity index (χ1v) is 9.45. The van der Waals surface area contributed by atoms with E-state index < -0.39 is 53.9 Å². The Balaban J connectivity index is 3.15. The molecule has 170 valence electrons. The lowest BCUT2D eigenvalue weighted by Crippen LogP contribution is -2.61. The average Bonchev–Trinajstić information content (AvgIpc) is 2.64. The molecule has 3 atom stereocenters. The van der Waals surface area contributed by atoms with Crippen molar-refractivity contribution < 1.29 is 41.8 Å². The van der Waals surface area contributed by atoms with Gasteiger partial charge in [-0.05, 0) is 18.9 Å². The normalized spacial score (nSPS) is 21.2. The van der Waals surface area contributed by atoms with Crippen molar-refractivity contribution in [2.45, 2.75) is 64.4 Å². The summed E-state index contributed by atoms with van der Waals surface area (Å²) in [7, 11) is 0. The van der Waals surface area contributed by atoms with E-state index in [1.54, 1.807) is 0 Å². The van der Waals surface area contributed by atoms with Crippen LogP contribution in [0, 0.1) is 0 Å². The standard InChI is InChI=1S/C18H26F3N3O6/c1-4-6-8-24(7-5-2)15(26)14-13(23-10(3)25)11(22)9-12(29-14)16(27)30-17(28)18(19,20)21/h9,11,13-14H,4-8,22H2,1-3H3,(H,23,25)/t11-,13+,14+/m0/s1. The Labute approximate surface area is 171 Å². The summed E-state index contributed by atoms with van der Waals surface area (Å²) >= 11 is 0. The van der Waals surface area contributed by atoms with Crippen molar-refractivity contribution >= 4 is 23.8 Å². The second-order valence-electron chi connectivity index (χ2n) is 6.73. The SMILES string of the molecule is CCCCN(CCC)C(=O)[C@@H]1OC(C(=O)OC(=O)C(F)(F)F)=C[C@H](N)[C@H]1NC(C)=O. The van der Waals surface area contributed by atoms with Gasteiger partial charge in [0.15, 0.2) is 6.10 Å². The van der Waals surface area contributed by atoms with Crippen LogP contribution in [0.5, 0.6) is 0 Å². The molecule has 1 aliphatic heterocycles. The Kier molecular flexibility index (Phi) is 9.27. The van der Waals surface area contributed by atoms with Crippen molar-refractivity contribution in [2.75, 3.05) is 13.1 Å². The van der Waals surface area contributed by atoms with Gasteiger partial charge in [-0.15, -0.1) is 0 Å². The summed E-state index contributed by atoms with van der Waals surface area (Å²) < 4.78 is 46.1. The van der Waals surface area contributed by atoms with Crippen LogP contribution in [-0.4, -0.2) is 66.1 Å². The number of carbonyl (C=O) groups is 4. The first kappa shape index (κ1) is 25.4. The van der Waals surface area contributed by atoms with Crippen molar-refractivity contribution in [3.05, 3.63) is 11.8 Å². The van der Waals surface area contributed by atoms with Crippen LogP contribution in [0.25, 0.3) is 0 Å². The minimum atomic E-state index is -5.39. The lowest BCUT2D eigenvalue weighted by atomic mass is 9.97. The van der Waals surface area contributed by atoms with Crippen LogP contribution >= 0.6 is 0 Å². The lowest BCUT2D eigenvalue weighted by Gasteiger charge is -2.37. The third-order valence-corrected chi connectivity index (χ3v) is 4.16. The minimum Gasteiger partial charge on any atom is -0.471 e. The van der Waals surface area contributed by atoms with Gasteiger partial charge in [0.05, 0.1) is 12.1 Å². The number of alkyl halides is 3. The van der Waals surface area contributed by atoms with Crippen LogP contribution in [-0.2, 0) is 28.7 Å². The van der Waals surface area contributed by atoms with Gasteiger partial charge in [-0.2, -0.15) is 13.2 Å². The summed E-state index contributed by atoms with van der Waals surface area (Å²) in [5.41, 5.74) is 5.92. The molecule has 0 fully saturated rings. The van der Waals surface area contributed by atoms with Crippen molar-refractivity contribution in [2.24, 2.45) is 5.73 Å². The smallest absolute Gasteiger partial charge is 0.471 e. The van der Waals surface area contributed by atoms with E-state index in [4.69, 9.17) is 10.5 Å². The number of unbranched alkanes of at least 4 members (excludes halogenated alkanes) is 1. The van der Waals surface area contributed by atoms with Crippen molar-refractivity contribution in [3.8, 4) is 0 Å². The van der Waals surface area contributed by atoms with E-state index in [2.05, 4.69) is 10.1 Å². The highest BCUT2D eigenvalue weighted by molar-refractivity contribution is 5.97. The van der Waals surface area contributed by atoms with Gasteiger partial charge < -0.3 is 25.4 Å². The van der Waals surface area contributed by atoms with Gasteiger partial charge in [0.2, 0.25) is 11.7 Å². The topological polar surface area (TPSA) is 128 Å². The van der Waals surface area contributed by atoms with E-state index in [0.29, 0.717) is 25.9 Å². The number of hydrogen-bond acceptors (Lipinski definition) is 7. The zero-order chi connectivity index (χ0) is 23.1. The van der Waals surface area contributed by atoms with Crippen LogP contribution in [0.3, 0.4) is 0 Å². The van der Waals surface area contributed by atoms with Gasteiger partial charge in [-0.1, -0.05) is 20.3 Å². The third-order valence-electron chi connectivity index (χ3n) is 4.16. The number of ether oxygens (including phenoxy) is 2. The zero-order valence-electron chi connectivity index (χ0n) is 17.0. The molecule has 2 amide bonds. The number of hydrogen-bond donors (Lipinski definition) is 2. The highest BCUT2D eigenvalue weighted by Gasteiger charge is 2.46. The molecule has 0 saturated heterocycles. The number of amides is 2. The molecule has 0 aliphatic carbocycles. The summed E-state index contributed by atoms with van der Waals surface area (Å²) in [6, 6.07) is -2.24. The fraction of sp³-hybridized carbons (Fsp3) is 0.667. The fourth-order valence-electron chi connectivity index (χ4n) is 2.78. The molecule has 0 aromatic carbocycles. The Morgan fingerprint density at radius 1 is 1.20 bits per heavy atom. The van der Waals surface area contributed by atoms with Gasteiger partial charge in [-0.3, -0.25) is 9.59 Å². The van der Waals surface area contributed by atoms with Gasteiger partial charge >= 0.3 is 18.1 Å². The number of carbonyl (C=O) groups excluding carboxylic acids is 4. The maximum atomic E-state index is 13.0. The Morgan fingerprint density at radius 2 is 1.83 bits per heavy atom. The largest absolute Gasteiger partial charge is 0.491 e. The molecule has 0 aromatic heterocycles. The monoisotopic (exact) mass is 437 g/mol. The molecule has 0 aromatic rings. The van der Waals surface area contributed by atoms with E-state index in [1.165, 1.54) is 11.8 Å². The highest BCUT2D eigenvalue weighted by Crippen LogP contribution is 2.23. The Hall–Kier alpha value is -2.63. The molecular weight excluding hydrogens is 411 g/mol. The second kappa shape index (κ2) is 11.0. The molecule has 1 heterocycles. The van der Waals surface area contributed by atoms with E-state index >= 15 is 0 Å². The fourth-order valence-corrected chi connectivity index (χ4v) is 2.78. The molecule has 30 heavy (non-hydrogen) atoms. The number of halogens is 3. The third kappa shape index (κ3) is 7.01. The van der Waals surface area contributed by atoms with E-state index in [0.717, 1.165) is 12.5 Å². The second-order valence-corrected chi connectivity index (χ2v) is 6.73. The van der Waals surface area contributed by atoms with Crippen LogP contribution < -0.4 is 11.1 Å². The summed E-state index contributed by atoms with van der Waals surface area (Å²) in [5, 5.41) is 2.46. The predicted molar refractivity (Wildman–Crippen MR) is 97.5 cm³/mol. The lowest BCUT2D eigenvalue weighted by molar-refractivity contribution is -0.202. The number of nitrogens with one attached hydrogen (secondary N) is 1. The van der Waals surface area contributed by atoms with Crippen molar-refractivity contribution in [3.63, 3.8) is 0 Å². The Morgan fingerprint density at radius 3 is 2.33 bits per heavy atom. The molecule has 0 bridgehead atoms. The molecule has 12 heteroatoms. The number of esters is 2. The molecule has 0 saturated carbocycles. The molecule has 0 radical (unpaired) electrons. The Bertz CT molecular complexity index is 695. The molecule has 0 unspecified atom stereocenters. The molecule has 1 aliphatic rings. The first-order chi connectivity index (χ1) is 13.9. The molecule has 3 N–H and O–H groups in total. The highest BCUT2D eigenvalue weighted by atomic mass is 19.4.